The summed E-state index contributed by atoms with van der Waals surface area (Å²) >= 11 is 1.57. The first kappa shape index (κ1) is 20.8. The highest BCUT2D eigenvalue weighted by molar-refractivity contribution is 8.00. The molecule has 1 aromatic carbocycles. The van der Waals surface area contributed by atoms with E-state index in [1.165, 1.54) is 0 Å². The maximum Gasteiger partial charge on any atom is 0.245 e. The monoisotopic (exact) mass is 406 g/mol. The summed E-state index contributed by atoms with van der Waals surface area (Å²) in [6, 6.07) is 5.31. The Hall–Kier alpha value is -1.89. The maximum atomic E-state index is 13.3. The summed E-state index contributed by atoms with van der Waals surface area (Å²) in [4.78, 5) is 29.9. The van der Waals surface area contributed by atoms with Gasteiger partial charge in [0.15, 0.2) is 11.5 Å². The number of likely N-dealkylation sites (tertiary alicyclic amines) is 1. The minimum Gasteiger partial charge on any atom is -0.493 e. The van der Waals surface area contributed by atoms with Gasteiger partial charge in [-0.1, -0.05) is 19.9 Å². The number of ether oxygens (including phenoxy) is 2. The van der Waals surface area contributed by atoms with Crippen LogP contribution in [0.5, 0.6) is 11.5 Å². The molecule has 0 bridgehead atoms. The van der Waals surface area contributed by atoms with E-state index in [4.69, 9.17) is 9.47 Å². The van der Waals surface area contributed by atoms with Crippen LogP contribution in [0, 0.1) is 5.92 Å². The lowest BCUT2D eigenvalue weighted by Crippen LogP contribution is -2.50. The quantitative estimate of drug-likeness (QED) is 0.695. The molecule has 0 unspecified atom stereocenters. The molecule has 2 heterocycles. The van der Waals surface area contributed by atoms with Crippen LogP contribution in [0.25, 0.3) is 0 Å². The fraction of sp³-hybridized carbons (Fsp3) is 0.619. The third kappa shape index (κ3) is 4.24. The molecule has 2 amide bonds. The first-order chi connectivity index (χ1) is 13.5. The lowest BCUT2D eigenvalue weighted by molar-refractivity contribution is -0.144. The Morgan fingerprint density at radius 3 is 2.46 bits per heavy atom. The Kier molecular flexibility index (Phi) is 6.75. The van der Waals surface area contributed by atoms with Gasteiger partial charge in [0.1, 0.15) is 11.4 Å². The molecule has 1 aromatic rings. The highest BCUT2D eigenvalue weighted by atomic mass is 32.2. The number of hydrogen-bond donors (Lipinski definition) is 0. The Balaban J connectivity index is 1.93. The molecule has 0 N–H and O–H groups in total. The molecule has 7 heteroatoms. The first-order valence-corrected chi connectivity index (χ1v) is 10.9. The van der Waals surface area contributed by atoms with Gasteiger partial charge in [-0.05, 0) is 42.9 Å². The zero-order valence-corrected chi connectivity index (χ0v) is 18.0. The van der Waals surface area contributed by atoms with Crippen LogP contribution in [0.4, 0.5) is 0 Å². The molecule has 0 aliphatic carbocycles. The molecule has 2 atom stereocenters. The van der Waals surface area contributed by atoms with Gasteiger partial charge < -0.3 is 19.3 Å². The highest BCUT2D eigenvalue weighted by Gasteiger charge is 2.42. The van der Waals surface area contributed by atoms with Crippen LogP contribution in [-0.4, -0.2) is 60.7 Å². The van der Waals surface area contributed by atoms with E-state index in [1.54, 1.807) is 26.0 Å². The van der Waals surface area contributed by atoms with Gasteiger partial charge in [-0.25, -0.2) is 0 Å². The van der Waals surface area contributed by atoms with Gasteiger partial charge in [0.25, 0.3) is 0 Å². The molecule has 0 saturated carbocycles. The van der Waals surface area contributed by atoms with Crippen molar-refractivity contribution in [1.82, 2.24) is 9.80 Å². The molecule has 2 aliphatic rings. The molecule has 28 heavy (non-hydrogen) atoms. The predicted molar refractivity (Wildman–Crippen MR) is 111 cm³/mol. The topological polar surface area (TPSA) is 59.1 Å². The molecular weight excluding hydrogens is 376 g/mol. The molecule has 0 radical (unpaired) electrons. The van der Waals surface area contributed by atoms with E-state index in [0.29, 0.717) is 29.6 Å². The zero-order valence-electron chi connectivity index (χ0n) is 17.1. The summed E-state index contributed by atoms with van der Waals surface area (Å²) in [7, 11) is 3.20. The molecule has 6 nitrogen and oxygen atoms in total. The van der Waals surface area contributed by atoms with Crippen molar-refractivity contribution in [1.29, 1.82) is 0 Å². The van der Waals surface area contributed by atoms with E-state index < -0.39 is 6.04 Å². The Morgan fingerprint density at radius 1 is 1.18 bits per heavy atom. The molecule has 3 rings (SSSR count). The van der Waals surface area contributed by atoms with Crippen molar-refractivity contribution in [2.24, 2.45) is 5.92 Å². The summed E-state index contributed by atoms with van der Waals surface area (Å²) in [5.41, 5.74) is 0.955. The minimum absolute atomic E-state index is 0.0305. The predicted octanol–water partition coefficient (Wildman–Crippen LogP) is 3.31. The number of carbonyl (C=O) groups excluding carboxylic acids is 2. The van der Waals surface area contributed by atoms with Crippen LogP contribution >= 0.6 is 11.8 Å². The summed E-state index contributed by atoms with van der Waals surface area (Å²) in [6.45, 7) is 5.79. The third-order valence-electron chi connectivity index (χ3n) is 5.33. The third-order valence-corrected chi connectivity index (χ3v) is 6.56. The average molecular weight is 407 g/mol. The van der Waals surface area contributed by atoms with E-state index in [0.717, 1.165) is 31.5 Å². The highest BCUT2D eigenvalue weighted by Crippen LogP contribution is 2.43. The first-order valence-electron chi connectivity index (χ1n) is 9.89. The molecule has 154 valence electrons. The van der Waals surface area contributed by atoms with Gasteiger partial charge in [-0.2, -0.15) is 0 Å². The minimum atomic E-state index is -0.418. The average Bonchev–Trinajstić information content (AvgIpc) is 3.35. The molecular formula is C21H30N2O4S. The molecule has 2 aliphatic heterocycles. The molecule has 2 saturated heterocycles. The summed E-state index contributed by atoms with van der Waals surface area (Å²) in [5.74, 6) is 2.11. The van der Waals surface area contributed by atoms with Crippen molar-refractivity contribution in [2.45, 2.75) is 44.5 Å². The van der Waals surface area contributed by atoms with Crippen LogP contribution in [0.2, 0.25) is 0 Å². The maximum absolute atomic E-state index is 13.3. The summed E-state index contributed by atoms with van der Waals surface area (Å²) < 4.78 is 10.8. The lowest BCUT2D eigenvalue weighted by Gasteiger charge is -2.35. The smallest absolute Gasteiger partial charge is 0.245 e. The number of rotatable bonds is 7. The summed E-state index contributed by atoms with van der Waals surface area (Å²) in [5, 5.41) is -0.192. The normalized spacial score (nSPS) is 20.8. The standard InChI is InChI=1S/C21H30N2O4S/c1-14(2)11-16(20(25)22-9-5-6-10-22)23-19(24)13-28-21(23)15-7-8-17(26-3)18(12-15)27-4/h7-8,12,14,16,21H,5-6,9-11,13H2,1-4H3/t16-,21-/m1/s1. The van der Waals surface area contributed by atoms with Gasteiger partial charge in [-0.3, -0.25) is 9.59 Å². The van der Waals surface area contributed by atoms with Crippen LogP contribution in [0.1, 0.15) is 44.0 Å². The Bertz CT molecular complexity index is 718. The van der Waals surface area contributed by atoms with Gasteiger partial charge >= 0.3 is 0 Å². The lowest BCUT2D eigenvalue weighted by atomic mass is 10.00. The second-order valence-electron chi connectivity index (χ2n) is 7.76. The van der Waals surface area contributed by atoms with Crippen molar-refractivity contribution in [3.8, 4) is 11.5 Å². The van der Waals surface area contributed by atoms with E-state index in [9.17, 15) is 9.59 Å². The van der Waals surface area contributed by atoms with Gasteiger partial charge in [-0.15, -0.1) is 11.8 Å². The summed E-state index contributed by atoms with van der Waals surface area (Å²) in [6.07, 6.45) is 2.76. The number of amides is 2. The fourth-order valence-corrected chi connectivity index (χ4v) is 5.18. The van der Waals surface area contributed by atoms with E-state index in [2.05, 4.69) is 13.8 Å². The van der Waals surface area contributed by atoms with Crippen molar-refractivity contribution in [3.05, 3.63) is 23.8 Å². The largest absolute Gasteiger partial charge is 0.493 e. The number of methoxy groups -OCH3 is 2. The number of benzene rings is 1. The Morgan fingerprint density at radius 2 is 1.86 bits per heavy atom. The number of hydrogen-bond acceptors (Lipinski definition) is 5. The van der Waals surface area contributed by atoms with Crippen LogP contribution in [0.15, 0.2) is 18.2 Å². The number of thioether (sulfide) groups is 1. The fourth-order valence-electron chi connectivity index (χ4n) is 3.96. The van der Waals surface area contributed by atoms with Crippen molar-refractivity contribution in [3.63, 3.8) is 0 Å². The van der Waals surface area contributed by atoms with Gasteiger partial charge in [0.2, 0.25) is 11.8 Å². The van der Waals surface area contributed by atoms with E-state index in [-0.39, 0.29) is 17.2 Å². The van der Waals surface area contributed by atoms with E-state index >= 15 is 0 Å². The van der Waals surface area contributed by atoms with Crippen molar-refractivity contribution < 1.29 is 19.1 Å². The van der Waals surface area contributed by atoms with E-state index in [1.807, 2.05) is 28.0 Å². The zero-order chi connectivity index (χ0) is 20.3. The molecule has 0 spiro atoms. The second-order valence-corrected chi connectivity index (χ2v) is 8.83. The Labute approximate surface area is 171 Å². The van der Waals surface area contributed by atoms with Crippen LogP contribution in [0.3, 0.4) is 0 Å². The van der Waals surface area contributed by atoms with Crippen molar-refractivity contribution >= 4 is 23.6 Å². The van der Waals surface area contributed by atoms with Gasteiger partial charge in [0.05, 0.1) is 20.0 Å². The SMILES string of the molecule is COc1ccc([C@H]2SCC(=O)N2[C@H](CC(C)C)C(=O)N2CCCC2)cc1OC. The number of carbonyl (C=O) groups is 2. The van der Waals surface area contributed by atoms with Gasteiger partial charge in [0, 0.05) is 13.1 Å². The van der Waals surface area contributed by atoms with Crippen LogP contribution < -0.4 is 9.47 Å². The molecule has 2 fully saturated rings. The van der Waals surface area contributed by atoms with Crippen molar-refractivity contribution in [2.75, 3.05) is 33.1 Å². The second kappa shape index (κ2) is 9.07. The van der Waals surface area contributed by atoms with Crippen LogP contribution in [-0.2, 0) is 9.59 Å². The molecule has 0 aromatic heterocycles. The number of nitrogens with zero attached hydrogens (tertiary/aromatic N) is 2.